The smallest absolute Gasteiger partial charge is 0.159 e. The Balaban J connectivity index is 2.19. The number of benzene rings is 1. The van der Waals surface area contributed by atoms with Gasteiger partial charge < -0.3 is 4.74 Å². The summed E-state index contributed by atoms with van der Waals surface area (Å²) in [4.78, 5) is 11.4. The maximum Gasteiger partial charge on any atom is 0.159 e. The number of hydrogen-bond donors (Lipinski definition) is 0. The van der Waals surface area contributed by atoms with E-state index in [2.05, 4.69) is 28.0 Å². The minimum Gasteiger partial charge on any atom is -0.487 e. The summed E-state index contributed by atoms with van der Waals surface area (Å²) in [5.41, 5.74) is 3.64. The molecule has 0 radical (unpaired) electrons. The number of rotatable bonds is 5. The van der Waals surface area contributed by atoms with Gasteiger partial charge in [-0.15, -0.1) is 0 Å². The highest BCUT2D eigenvalue weighted by Crippen LogP contribution is 2.25. The summed E-state index contributed by atoms with van der Waals surface area (Å²) in [5, 5.41) is 4.45. The summed E-state index contributed by atoms with van der Waals surface area (Å²) in [7, 11) is 0. The number of Topliss-reactive ketones (excluding diaryl/α,β-unsaturated/α-hetero) is 1. The zero-order valence-electron chi connectivity index (χ0n) is 12.7. The van der Waals surface area contributed by atoms with Crippen molar-refractivity contribution in [1.82, 2.24) is 9.78 Å². The Morgan fingerprint density at radius 2 is 2.10 bits per heavy atom. The van der Waals surface area contributed by atoms with E-state index in [-0.39, 0.29) is 5.78 Å². The van der Waals surface area contributed by atoms with Gasteiger partial charge in [0.1, 0.15) is 12.4 Å². The van der Waals surface area contributed by atoms with Crippen LogP contribution in [-0.2, 0) is 13.2 Å². The largest absolute Gasteiger partial charge is 0.487 e. The van der Waals surface area contributed by atoms with Crippen LogP contribution in [0.5, 0.6) is 5.75 Å². The van der Waals surface area contributed by atoms with Crippen LogP contribution in [0.3, 0.4) is 0 Å². The van der Waals surface area contributed by atoms with E-state index in [0.29, 0.717) is 12.2 Å². The third-order valence-corrected chi connectivity index (χ3v) is 4.43. The number of carbonyl (C=O) groups is 1. The summed E-state index contributed by atoms with van der Waals surface area (Å²) < 4.78 is 8.81. The Morgan fingerprint density at radius 3 is 2.67 bits per heavy atom. The van der Waals surface area contributed by atoms with Gasteiger partial charge >= 0.3 is 0 Å². The van der Waals surface area contributed by atoms with E-state index in [1.54, 1.807) is 13.0 Å². The van der Waals surface area contributed by atoms with E-state index >= 15 is 0 Å². The molecular weight excluding hydrogens is 332 g/mol. The van der Waals surface area contributed by atoms with Crippen molar-refractivity contribution < 1.29 is 9.53 Å². The Kier molecular flexibility index (Phi) is 4.83. The first kappa shape index (κ1) is 15.8. The molecule has 4 nitrogen and oxygen atoms in total. The minimum atomic E-state index is 0.0621. The van der Waals surface area contributed by atoms with E-state index in [1.165, 1.54) is 0 Å². The van der Waals surface area contributed by atoms with Gasteiger partial charge in [-0.25, -0.2) is 0 Å². The van der Waals surface area contributed by atoms with Crippen molar-refractivity contribution in [3.63, 3.8) is 0 Å². The minimum absolute atomic E-state index is 0.0621. The highest BCUT2D eigenvalue weighted by Gasteiger charge is 2.13. The molecule has 0 fully saturated rings. The predicted molar refractivity (Wildman–Crippen MR) is 85.9 cm³/mol. The molecule has 1 aromatic heterocycles. The van der Waals surface area contributed by atoms with E-state index in [1.807, 2.05) is 30.7 Å². The van der Waals surface area contributed by atoms with Crippen LogP contribution in [0.1, 0.15) is 41.2 Å². The molecule has 0 aliphatic heterocycles. The van der Waals surface area contributed by atoms with Gasteiger partial charge in [0.15, 0.2) is 5.78 Å². The first-order valence-corrected chi connectivity index (χ1v) is 7.69. The lowest BCUT2D eigenvalue weighted by molar-refractivity contribution is 0.101. The van der Waals surface area contributed by atoms with Crippen molar-refractivity contribution >= 4 is 21.7 Å². The van der Waals surface area contributed by atoms with Crippen molar-refractivity contribution in [2.45, 2.75) is 40.8 Å². The molecule has 0 bridgehead atoms. The second-order valence-electron chi connectivity index (χ2n) is 4.99. The molecule has 0 amide bonds. The lowest BCUT2D eigenvalue weighted by atomic mass is 10.1. The van der Waals surface area contributed by atoms with Gasteiger partial charge in [0.25, 0.3) is 0 Å². The Hall–Kier alpha value is -1.62. The van der Waals surface area contributed by atoms with Crippen LogP contribution in [0.2, 0.25) is 0 Å². The molecule has 0 N–H and O–H groups in total. The first-order valence-electron chi connectivity index (χ1n) is 6.90. The van der Waals surface area contributed by atoms with Crippen LogP contribution < -0.4 is 4.74 Å². The van der Waals surface area contributed by atoms with Gasteiger partial charge in [0, 0.05) is 12.1 Å². The molecule has 2 aromatic rings. The monoisotopic (exact) mass is 350 g/mol. The number of carbonyl (C=O) groups excluding carboxylic acids is 1. The lowest BCUT2D eigenvalue weighted by Gasteiger charge is -2.11. The first-order chi connectivity index (χ1) is 9.93. The van der Waals surface area contributed by atoms with Gasteiger partial charge in [-0.1, -0.05) is 0 Å². The summed E-state index contributed by atoms with van der Waals surface area (Å²) in [6, 6.07) is 5.50. The van der Waals surface area contributed by atoms with Crippen LogP contribution in [0.4, 0.5) is 0 Å². The van der Waals surface area contributed by atoms with Crippen molar-refractivity contribution in [2.24, 2.45) is 0 Å². The predicted octanol–water partition coefficient (Wildman–Crippen LogP) is 4.06. The summed E-state index contributed by atoms with van der Waals surface area (Å²) in [6.07, 6.45) is 0. The van der Waals surface area contributed by atoms with Crippen LogP contribution in [-0.4, -0.2) is 15.6 Å². The average Bonchev–Trinajstić information content (AvgIpc) is 2.72. The number of hydrogen-bond acceptors (Lipinski definition) is 3. The Labute approximate surface area is 133 Å². The highest BCUT2D eigenvalue weighted by molar-refractivity contribution is 9.10. The van der Waals surface area contributed by atoms with E-state index < -0.39 is 0 Å². The van der Waals surface area contributed by atoms with E-state index in [9.17, 15) is 4.79 Å². The van der Waals surface area contributed by atoms with Gasteiger partial charge in [0.05, 0.1) is 15.9 Å². The van der Waals surface area contributed by atoms with Crippen LogP contribution in [0, 0.1) is 13.8 Å². The van der Waals surface area contributed by atoms with Crippen LogP contribution >= 0.6 is 15.9 Å². The number of halogens is 1. The van der Waals surface area contributed by atoms with Crippen molar-refractivity contribution in [3.8, 4) is 5.75 Å². The molecule has 1 heterocycles. The van der Waals surface area contributed by atoms with Gasteiger partial charge in [-0.3, -0.25) is 9.48 Å². The molecule has 2 rings (SSSR count). The van der Waals surface area contributed by atoms with Gasteiger partial charge in [0.2, 0.25) is 0 Å². The fourth-order valence-electron chi connectivity index (χ4n) is 2.18. The number of aryl methyl sites for hydroxylation is 3. The standard InChI is InChI=1S/C16H19BrN2O2/c1-5-19-14(16(17)11(3)18-19)9-21-15-7-6-13(12(4)20)8-10(15)2/h6-8H,5,9H2,1-4H3. The SMILES string of the molecule is CCn1nc(C)c(Br)c1COc1ccc(C(C)=O)cc1C. The van der Waals surface area contributed by atoms with Crippen molar-refractivity contribution in [1.29, 1.82) is 0 Å². The molecule has 0 unspecified atom stereocenters. The molecule has 0 atom stereocenters. The highest BCUT2D eigenvalue weighted by atomic mass is 79.9. The molecule has 0 saturated heterocycles. The second-order valence-corrected chi connectivity index (χ2v) is 5.78. The van der Waals surface area contributed by atoms with E-state index in [0.717, 1.165) is 33.7 Å². The van der Waals surface area contributed by atoms with Crippen molar-refractivity contribution in [2.75, 3.05) is 0 Å². The molecule has 5 heteroatoms. The normalized spacial score (nSPS) is 10.7. The number of ketones is 1. The number of ether oxygens (including phenoxy) is 1. The number of nitrogens with zero attached hydrogens (tertiary/aromatic N) is 2. The zero-order chi connectivity index (χ0) is 15.6. The molecule has 1 aromatic carbocycles. The molecule has 0 aliphatic carbocycles. The Morgan fingerprint density at radius 1 is 1.38 bits per heavy atom. The maximum atomic E-state index is 11.4. The Bertz CT molecular complexity index is 677. The third kappa shape index (κ3) is 3.35. The maximum absolute atomic E-state index is 11.4. The second kappa shape index (κ2) is 6.43. The fraction of sp³-hybridized carbons (Fsp3) is 0.375. The molecule has 21 heavy (non-hydrogen) atoms. The van der Waals surface area contributed by atoms with Crippen molar-refractivity contribution in [3.05, 3.63) is 45.2 Å². The fourth-order valence-corrected chi connectivity index (χ4v) is 2.58. The molecule has 0 saturated carbocycles. The van der Waals surface area contributed by atoms with Crippen LogP contribution in [0.25, 0.3) is 0 Å². The quantitative estimate of drug-likeness (QED) is 0.763. The van der Waals surface area contributed by atoms with E-state index in [4.69, 9.17) is 4.74 Å². The summed E-state index contributed by atoms with van der Waals surface area (Å²) in [5.74, 6) is 0.848. The molecule has 0 aliphatic rings. The summed E-state index contributed by atoms with van der Waals surface area (Å²) in [6.45, 7) is 8.76. The zero-order valence-corrected chi connectivity index (χ0v) is 14.3. The molecule has 0 spiro atoms. The van der Waals surface area contributed by atoms with Gasteiger partial charge in [-0.2, -0.15) is 5.10 Å². The average molecular weight is 351 g/mol. The lowest BCUT2D eigenvalue weighted by Crippen LogP contribution is -2.07. The van der Waals surface area contributed by atoms with Gasteiger partial charge in [-0.05, 0) is 67.4 Å². The summed E-state index contributed by atoms with van der Waals surface area (Å²) >= 11 is 3.56. The molecular formula is C16H19BrN2O2. The number of aromatic nitrogens is 2. The topological polar surface area (TPSA) is 44.1 Å². The third-order valence-electron chi connectivity index (χ3n) is 3.40. The molecule has 112 valence electrons. The van der Waals surface area contributed by atoms with Crippen LogP contribution in [0.15, 0.2) is 22.7 Å².